The highest BCUT2D eigenvalue weighted by atomic mass is 35.8. The van der Waals surface area contributed by atoms with Crippen molar-refractivity contribution in [3.05, 3.63) is 29.8 Å². The number of alkyl halides is 1. The van der Waals surface area contributed by atoms with Gasteiger partial charge in [0.1, 0.15) is 0 Å². The fraction of sp³-hybridized carbons (Fsp3) is 0.455. The highest BCUT2D eigenvalue weighted by molar-refractivity contribution is 7.69. The summed E-state index contributed by atoms with van der Waals surface area (Å²) >= 11 is 23.3. The molecule has 0 N–H and O–H groups in total. The van der Waals surface area contributed by atoms with E-state index in [2.05, 4.69) is 0 Å². The van der Waals surface area contributed by atoms with E-state index in [1.165, 1.54) is 12.0 Å². The average Bonchev–Trinajstić information content (AvgIpc) is 2.24. The van der Waals surface area contributed by atoms with Gasteiger partial charge in [0.25, 0.3) is 0 Å². The fourth-order valence-corrected chi connectivity index (χ4v) is 3.33. The van der Waals surface area contributed by atoms with E-state index in [4.69, 9.17) is 44.8 Å². The van der Waals surface area contributed by atoms with Crippen molar-refractivity contribution in [2.45, 2.75) is 25.7 Å². The number of halogens is 4. The molecule has 0 aromatic heterocycles. The Morgan fingerprint density at radius 3 is 2.00 bits per heavy atom. The molecule has 0 aliphatic rings. The molecule has 0 nitrogen and oxygen atoms in total. The van der Waals surface area contributed by atoms with Crippen molar-refractivity contribution in [1.82, 2.24) is 0 Å². The van der Waals surface area contributed by atoms with Gasteiger partial charge in [0.05, 0.1) is 0 Å². The minimum atomic E-state index is -2.70. The number of unbranched alkanes of at least 4 members (excludes halogenated alkanes) is 2. The Balaban J connectivity index is 2.46. The van der Waals surface area contributed by atoms with Crippen LogP contribution in [0.2, 0.25) is 0 Å². The van der Waals surface area contributed by atoms with E-state index in [1.807, 2.05) is 24.3 Å². The lowest BCUT2D eigenvalue weighted by atomic mass is 10.1. The van der Waals surface area contributed by atoms with Crippen LogP contribution in [0.15, 0.2) is 24.3 Å². The predicted octanol–water partition coefficient (Wildman–Crippen LogP) is 4.50. The first-order chi connectivity index (χ1) is 7.54. The topological polar surface area (TPSA) is 0 Å². The molecule has 0 spiro atoms. The summed E-state index contributed by atoms with van der Waals surface area (Å²) in [4.78, 5) is 0. The summed E-state index contributed by atoms with van der Waals surface area (Å²) in [6, 6.07) is 5.25. The first-order valence-corrected chi connectivity index (χ1v) is 10.8. The predicted molar refractivity (Wildman–Crippen MR) is 77.7 cm³/mol. The molecule has 5 heteroatoms. The van der Waals surface area contributed by atoms with Crippen molar-refractivity contribution in [2.24, 2.45) is 0 Å². The molecule has 0 radical (unpaired) electrons. The lowest BCUT2D eigenvalue weighted by molar-refractivity contribution is 0.721. The molecule has 0 saturated carbocycles. The highest BCUT2D eigenvalue weighted by Gasteiger charge is 2.27. The lowest BCUT2D eigenvalue weighted by Gasteiger charge is -2.08. The van der Waals surface area contributed by atoms with Crippen molar-refractivity contribution >= 4 is 56.0 Å². The summed E-state index contributed by atoms with van der Waals surface area (Å²) in [6.45, 7) is 0. The van der Waals surface area contributed by atoms with Crippen LogP contribution < -0.4 is 5.19 Å². The smallest absolute Gasteiger partial charge is 0.127 e. The molecular weight excluding hydrogens is 302 g/mol. The molecule has 0 heterocycles. The van der Waals surface area contributed by atoms with Gasteiger partial charge in [-0.3, -0.25) is 0 Å². The molecule has 90 valence electrons. The molecule has 0 unspecified atom stereocenters. The Morgan fingerprint density at radius 1 is 0.875 bits per heavy atom. The van der Waals surface area contributed by atoms with Crippen molar-refractivity contribution in [3.63, 3.8) is 0 Å². The number of hydrogen-bond donors (Lipinski definition) is 0. The van der Waals surface area contributed by atoms with Gasteiger partial charge in [-0.15, -0.1) is 44.8 Å². The maximum atomic E-state index is 5.91. The highest BCUT2D eigenvalue weighted by Crippen LogP contribution is 2.19. The van der Waals surface area contributed by atoms with E-state index >= 15 is 0 Å². The molecule has 1 aromatic rings. The van der Waals surface area contributed by atoms with E-state index in [-0.39, 0.29) is 0 Å². The van der Waals surface area contributed by atoms with Crippen LogP contribution in [0.5, 0.6) is 0 Å². The Kier molecular flexibility index (Phi) is 6.53. The molecule has 16 heavy (non-hydrogen) atoms. The minimum Gasteiger partial charge on any atom is -0.127 e. The molecule has 0 fully saturated rings. The summed E-state index contributed by atoms with van der Waals surface area (Å²) in [7, 11) is 0. The first kappa shape index (κ1) is 14.7. The van der Waals surface area contributed by atoms with Gasteiger partial charge in [-0.05, 0) is 30.0 Å². The molecule has 0 atom stereocenters. The van der Waals surface area contributed by atoms with Gasteiger partial charge in [-0.1, -0.05) is 30.7 Å². The van der Waals surface area contributed by atoms with Gasteiger partial charge in [0.2, 0.25) is 0 Å². The molecule has 0 aliphatic heterocycles. The van der Waals surface area contributed by atoms with Crippen LogP contribution in [0.25, 0.3) is 0 Å². The van der Waals surface area contributed by atoms with E-state index < -0.39 is 6.00 Å². The van der Waals surface area contributed by atoms with Crippen LogP contribution >= 0.6 is 44.8 Å². The average molecular weight is 316 g/mol. The van der Waals surface area contributed by atoms with Gasteiger partial charge in [-0.2, -0.15) is 0 Å². The Bertz CT molecular complexity index is 305. The minimum absolute atomic E-state index is 0.748. The normalized spacial score (nSPS) is 11.8. The maximum Gasteiger partial charge on any atom is 0.372 e. The SMILES string of the molecule is ClCCCCCc1ccc([Si](Cl)(Cl)Cl)cc1. The van der Waals surface area contributed by atoms with E-state index in [9.17, 15) is 0 Å². The van der Waals surface area contributed by atoms with Gasteiger partial charge >= 0.3 is 6.00 Å². The molecule has 0 aliphatic carbocycles. The maximum absolute atomic E-state index is 5.91. The largest absolute Gasteiger partial charge is 0.372 e. The van der Waals surface area contributed by atoms with Gasteiger partial charge in [0, 0.05) is 5.88 Å². The molecule has 1 rings (SSSR count). The second kappa shape index (κ2) is 7.12. The van der Waals surface area contributed by atoms with Crippen molar-refractivity contribution in [2.75, 3.05) is 5.88 Å². The zero-order valence-corrected chi connectivity index (χ0v) is 12.9. The number of rotatable bonds is 6. The number of aryl methyl sites for hydroxylation is 1. The number of hydrogen-bond acceptors (Lipinski definition) is 0. The van der Waals surface area contributed by atoms with Crippen LogP contribution in [0.4, 0.5) is 0 Å². The van der Waals surface area contributed by atoms with Gasteiger partial charge in [0.15, 0.2) is 0 Å². The van der Waals surface area contributed by atoms with Crippen LogP contribution in [0.3, 0.4) is 0 Å². The molecule has 1 aromatic carbocycles. The Labute approximate surface area is 117 Å². The fourth-order valence-electron chi connectivity index (χ4n) is 1.46. The zero-order chi connectivity index (χ0) is 12.0. The third-order valence-electron chi connectivity index (χ3n) is 2.38. The monoisotopic (exact) mass is 314 g/mol. The molecule has 0 bridgehead atoms. The van der Waals surface area contributed by atoms with Crippen molar-refractivity contribution < 1.29 is 0 Å². The Morgan fingerprint density at radius 2 is 1.50 bits per heavy atom. The summed E-state index contributed by atoms with van der Waals surface area (Å²) in [5, 5.41) is 0.849. The number of benzene rings is 1. The van der Waals surface area contributed by atoms with Crippen molar-refractivity contribution in [3.8, 4) is 0 Å². The van der Waals surface area contributed by atoms with E-state index in [1.54, 1.807) is 0 Å². The quantitative estimate of drug-likeness (QED) is 0.314. The second-order valence-corrected chi connectivity index (χ2v) is 12.5. The van der Waals surface area contributed by atoms with Crippen LogP contribution in [-0.4, -0.2) is 11.9 Å². The summed E-state index contributed by atoms with van der Waals surface area (Å²) < 4.78 is 0. The zero-order valence-electron chi connectivity index (χ0n) is 8.86. The van der Waals surface area contributed by atoms with Crippen LogP contribution in [0, 0.1) is 0 Å². The first-order valence-electron chi connectivity index (χ1n) is 5.26. The standard InChI is InChI=1S/C11H14Cl4Si/c12-9-3-1-2-4-10-5-7-11(8-6-10)16(13,14)15/h5-8H,1-4,9H2. The van der Waals surface area contributed by atoms with Gasteiger partial charge < -0.3 is 0 Å². The summed E-state index contributed by atoms with van der Waals surface area (Å²) in [5.41, 5.74) is 1.29. The van der Waals surface area contributed by atoms with E-state index in [0.29, 0.717) is 0 Å². The van der Waals surface area contributed by atoms with Crippen LogP contribution in [-0.2, 0) is 6.42 Å². The third kappa shape index (κ3) is 5.28. The van der Waals surface area contributed by atoms with Gasteiger partial charge in [-0.25, -0.2) is 0 Å². The molecular formula is C11H14Cl4Si. The summed E-state index contributed by atoms with van der Waals surface area (Å²) in [5.74, 6) is 0.748. The summed E-state index contributed by atoms with van der Waals surface area (Å²) in [6.07, 6.45) is 4.49. The second-order valence-electron chi connectivity index (χ2n) is 3.69. The molecule has 0 saturated heterocycles. The third-order valence-corrected chi connectivity index (χ3v) is 5.60. The van der Waals surface area contributed by atoms with E-state index in [0.717, 1.165) is 30.3 Å². The van der Waals surface area contributed by atoms with Crippen LogP contribution in [0.1, 0.15) is 24.8 Å². The lowest BCUT2D eigenvalue weighted by Crippen LogP contribution is -2.29. The molecule has 0 amide bonds. The van der Waals surface area contributed by atoms with Crippen molar-refractivity contribution in [1.29, 1.82) is 0 Å². The Hall–Kier alpha value is 0.597.